The van der Waals surface area contributed by atoms with Crippen molar-refractivity contribution in [2.45, 2.75) is 52.3 Å². The first-order valence-corrected chi connectivity index (χ1v) is 5.94. The first kappa shape index (κ1) is 11.5. The second kappa shape index (κ2) is 3.49. The summed E-state index contributed by atoms with van der Waals surface area (Å²) in [5.41, 5.74) is 3.98. The van der Waals surface area contributed by atoms with Crippen molar-refractivity contribution < 1.29 is 5.11 Å². The molecule has 1 N–H and O–H groups in total. The SMILES string of the molecule is Cc1cccc2c1C(C)(C)C(C)N2C(C)O. The molecule has 16 heavy (non-hydrogen) atoms. The van der Waals surface area contributed by atoms with E-state index >= 15 is 0 Å². The van der Waals surface area contributed by atoms with Gasteiger partial charge in [0.15, 0.2) is 0 Å². The summed E-state index contributed by atoms with van der Waals surface area (Å²) in [6.45, 7) is 10.7. The van der Waals surface area contributed by atoms with Gasteiger partial charge in [-0.3, -0.25) is 0 Å². The minimum absolute atomic E-state index is 0.0949. The standard InChI is InChI=1S/C14H21NO/c1-9-7-6-8-12-13(9)14(4,5)10(2)15(12)11(3)16/h6-8,10-11,16H,1-5H3. The second-order valence-corrected chi connectivity index (χ2v) is 5.41. The van der Waals surface area contributed by atoms with Crippen LogP contribution in [0.25, 0.3) is 0 Å². The zero-order valence-corrected chi connectivity index (χ0v) is 10.8. The highest BCUT2D eigenvalue weighted by molar-refractivity contribution is 5.66. The van der Waals surface area contributed by atoms with Crippen molar-refractivity contribution in [2.75, 3.05) is 4.90 Å². The Labute approximate surface area is 97.9 Å². The third kappa shape index (κ3) is 1.36. The van der Waals surface area contributed by atoms with E-state index in [0.717, 1.165) is 0 Å². The van der Waals surface area contributed by atoms with E-state index in [0.29, 0.717) is 6.04 Å². The Morgan fingerprint density at radius 3 is 2.56 bits per heavy atom. The van der Waals surface area contributed by atoms with Crippen LogP contribution >= 0.6 is 0 Å². The zero-order chi connectivity index (χ0) is 12.1. The van der Waals surface area contributed by atoms with Gasteiger partial charge >= 0.3 is 0 Å². The molecule has 2 atom stereocenters. The van der Waals surface area contributed by atoms with Crippen LogP contribution in [-0.2, 0) is 5.41 Å². The molecule has 2 heteroatoms. The van der Waals surface area contributed by atoms with Crippen molar-refractivity contribution >= 4 is 5.69 Å². The first-order valence-electron chi connectivity index (χ1n) is 5.94. The number of aliphatic hydroxyl groups excluding tert-OH is 1. The predicted molar refractivity (Wildman–Crippen MR) is 67.8 cm³/mol. The van der Waals surface area contributed by atoms with E-state index in [9.17, 15) is 5.11 Å². The molecule has 0 saturated carbocycles. The maximum atomic E-state index is 9.92. The molecule has 0 fully saturated rings. The molecule has 0 saturated heterocycles. The average Bonchev–Trinajstić information content (AvgIpc) is 2.36. The molecule has 1 aromatic rings. The molecule has 88 valence electrons. The molecule has 2 unspecified atom stereocenters. The van der Waals surface area contributed by atoms with Crippen LogP contribution in [0.15, 0.2) is 18.2 Å². The Hall–Kier alpha value is -1.02. The number of aliphatic hydroxyl groups is 1. The van der Waals surface area contributed by atoms with Crippen molar-refractivity contribution in [3.63, 3.8) is 0 Å². The summed E-state index contributed by atoms with van der Waals surface area (Å²) in [4.78, 5) is 2.11. The summed E-state index contributed by atoms with van der Waals surface area (Å²) in [6.07, 6.45) is -0.433. The van der Waals surface area contributed by atoms with E-state index in [1.165, 1.54) is 16.8 Å². The summed E-state index contributed by atoms with van der Waals surface area (Å²) in [5, 5.41) is 9.92. The minimum Gasteiger partial charge on any atom is -0.374 e. The van der Waals surface area contributed by atoms with Crippen LogP contribution in [0.3, 0.4) is 0 Å². The van der Waals surface area contributed by atoms with Crippen LogP contribution in [0.1, 0.15) is 38.8 Å². The number of rotatable bonds is 1. The van der Waals surface area contributed by atoms with Gasteiger partial charge in [0.2, 0.25) is 0 Å². The van der Waals surface area contributed by atoms with E-state index < -0.39 is 6.23 Å². The van der Waals surface area contributed by atoms with Crippen LogP contribution in [0, 0.1) is 6.92 Å². The van der Waals surface area contributed by atoms with Crippen molar-refractivity contribution in [1.82, 2.24) is 0 Å². The smallest absolute Gasteiger partial charge is 0.124 e. The third-order valence-electron chi connectivity index (χ3n) is 4.04. The van der Waals surface area contributed by atoms with E-state index in [-0.39, 0.29) is 5.41 Å². The molecule has 0 spiro atoms. The Morgan fingerprint density at radius 1 is 1.38 bits per heavy atom. The number of hydrogen-bond acceptors (Lipinski definition) is 2. The summed E-state index contributed by atoms with van der Waals surface area (Å²) < 4.78 is 0. The normalized spacial score (nSPS) is 24.4. The van der Waals surface area contributed by atoms with Crippen molar-refractivity contribution in [2.24, 2.45) is 0 Å². The molecule has 1 aromatic carbocycles. The fraction of sp³-hybridized carbons (Fsp3) is 0.571. The second-order valence-electron chi connectivity index (χ2n) is 5.41. The summed E-state index contributed by atoms with van der Waals surface area (Å²) >= 11 is 0. The lowest BCUT2D eigenvalue weighted by atomic mass is 9.79. The number of nitrogens with zero attached hydrogens (tertiary/aromatic N) is 1. The largest absolute Gasteiger partial charge is 0.374 e. The van der Waals surface area contributed by atoms with Crippen LogP contribution in [0.2, 0.25) is 0 Å². The molecular weight excluding hydrogens is 198 g/mol. The zero-order valence-electron chi connectivity index (χ0n) is 10.8. The number of fused-ring (bicyclic) bond motifs is 1. The van der Waals surface area contributed by atoms with Crippen molar-refractivity contribution in [3.05, 3.63) is 29.3 Å². The molecule has 0 aliphatic carbocycles. The fourth-order valence-electron chi connectivity index (χ4n) is 3.00. The lowest BCUT2D eigenvalue weighted by Crippen LogP contribution is -2.43. The quantitative estimate of drug-likeness (QED) is 0.785. The average molecular weight is 219 g/mol. The van der Waals surface area contributed by atoms with Gasteiger partial charge in [-0.2, -0.15) is 0 Å². The predicted octanol–water partition coefficient (Wildman–Crippen LogP) is 2.82. The Kier molecular flexibility index (Phi) is 2.50. The van der Waals surface area contributed by atoms with Gasteiger partial charge in [-0.05, 0) is 38.0 Å². The molecule has 1 heterocycles. The Bertz CT molecular complexity index is 409. The number of anilines is 1. The molecule has 0 aromatic heterocycles. The Balaban J connectivity index is 2.65. The van der Waals surface area contributed by atoms with E-state index in [1.54, 1.807) is 0 Å². The lowest BCUT2D eigenvalue weighted by Gasteiger charge is -2.33. The van der Waals surface area contributed by atoms with Crippen LogP contribution < -0.4 is 4.90 Å². The van der Waals surface area contributed by atoms with Gasteiger partial charge in [0, 0.05) is 17.1 Å². The van der Waals surface area contributed by atoms with Gasteiger partial charge in [-0.25, -0.2) is 0 Å². The molecular formula is C14H21NO. The highest BCUT2D eigenvalue weighted by Gasteiger charge is 2.43. The van der Waals surface area contributed by atoms with Gasteiger partial charge in [0.1, 0.15) is 6.23 Å². The van der Waals surface area contributed by atoms with Crippen LogP contribution in [-0.4, -0.2) is 17.4 Å². The van der Waals surface area contributed by atoms with Crippen LogP contribution in [0.5, 0.6) is 0 Å². The van der Waals surface area contributed by atoms with Crippen molar-refractivity contribution in [3.8, 4) is 0 Å². The molecule has 0 amide bonds. The lowest BCUT2D eigenvalue weighted by molar-refractivity contribution is 0.173. The third-order valence-corrected chi connectivity index (χ3v) is 4.04. The minimum atomic E-state index is -0.433. The fourth-order valence-corrected chi connectivity index (χ4v) is 3.00. The van der Waals surface area contributed by atoms with Gasteiger partial charge in [-0.15, -0.1) is 0 Å². The highest BCUT2D eigenvalue weighted by Crippen LogP contribution is 2.47. The highest BCUT2D eigenvalue weighted by atomic mass is 16.3. The van der Waals surface area contributed by atoms with Crippen LogP contribution in [0.4, 0.5) is 5.69 Å². The molecule has 1 aliphatic heterocycles. The monoisotopic (exact) mass is 219 g/mol. The van der Waals surface area contributed by atoms with Gasteiger partial charge in [-0.1, -0.05) is 26.0 Å². The summed E-state index contributed by atoms with van der Waals surface area (Å²) in [5.74, 6) is 0. The maximum Gasteiger partial charge on any atom is 0.124 e. The number of aryl methyl sites for hydroxylation is 1. The van der Waals surface area contributed by atoms with E-state index in [2.05, 4.69) is 50.8 Å². The summed E-state index contributed by atoms with van der Waals surface area (Å²) in [7, 11) is 0. The number of hydrogen-bond donors (Lipinski definition) is 1. The van der Waals surface area contributed by atoms with E-state index in [1.807, 2.05) is 6.92 Å². The molecule has 2 nitrogen and oxygen atoms in total. The maximum absolute atomic E-state index is 9.92. The molecule has 2 rings (SSSR count). The molecule has 1 aliphatic rings. The van der Waals surface area contributed by atoms with Gasteiger partial charge in [0.05, 0.1) is 0 Å². The van der Waals surface area contributed by atoms with Crippen molar-refractivity contribution in [1.29, 1.82) is 0 Å². The van der Waals surface area contributed by atoms with Gasteiger partial charge in [0.25, 0.3) is 0 Å². The van der Waals surface area contributed by atoms with E-state index in [4.69, 9.17) is 0 Å². The molecule has 0 bridgehead atoms. The summed E-state index contributed by atoms with van der Waals surface area (Å²) in [6, 6.07) is 6.65. The van der Waals surface area contributed by atoms with Gasteiger partial charge < -0.3 is 10.0 Å². The topological polar surface area (TPSA) is 23.5 Å². The Morgan fingerprint density at radius 2 is 2.00 bits per heavy atom. The number of benzene rings is 1. The first-order chi connectivity index (χ1) is 7.37. The molecule has 0 radical (unpaired) electrons.